The summed E-state index contributed by atoms with van der Waals surface area (Å²) in [5.41, 5.74) is 8.27. The number of benzene rings is 2. The van der Waals surface area contributed by atoms with E-state index in [2.05, 4.69) is 62.2 Å². The summed E-state index contributed by atoms with van der Waals surface area (Å²) < 4.78 is 0. The maximum absolute atomic E-state index is 5.79. The van der Waals surface area contributed by atoms with Crippen LogP contribution in [0.15, 0.2) is 36.4 Å². The Balaban J connectivity index is 2.66. The SMILES string of the molecule is CC(C)N(C)c1ccc(CN)c2ccccc12. The van der Waals surface area contributed by atoms with Crippen molar-refractivity contribution < 1.29 is 0 Å². The molecule has 90 valence electrons. The van der Waals surface area contributed by atoms with Crippen molar-refractivity contribution in [3.8, 4) is 0 Å². The monoisotopic (exact) mass is 228 g/mol. The second kappa shape index (κ2) is 4.76. The number of hydrogen-bond donors (Lipinski definition) is 1. The molecular formula is C15H20N2. The van der Waals surface area contributed by atoms with Crippen LogP contribution in [0.5, 0.6) is 0 Å². The van der Waals surface area contributed by atoms with Crippen LogP contribution in [0, 0.1) is 0 Å². The Labute approximate surface area is 103 Å². The molecule has 0 atom stereocenters. The van der Waals surface area contributed by atoms with Crippen molar-refractivity contribution in [1.82, 2.24) is 0 Å². The van der Waals surface area contributed by atoms with E-state index in [1.54, 1.807) is 0 Å². The molecule has 2 heteroatoms. The van der Waals surface area contributed by atoms with Gasteiger partial charge in [0.2, 0.25) is 0 Å². The van der Waals surface area contributed by atoms with Crippen LogP contribution in [0.1, 0.15) is 19.4 Å². The Morgan fingerprint density at radius 1 is 1.06 bits per heavy atom. The Morgan fingerprint density at radius 2 is 1.71 bits per heavy atom. The highest BCUT2D eigenvalue weighted by atomic mass is 15.1. The van der Waals surface area contributed by atoms with E-state index in [4.69, 9.17) is 5.73 Å². The fourth-order valence-electron chi connectivity index (χ4n) is 2.11. The van der Waals surface area contributed by atoms with Gasteiger partial charge in [-0.05, 0) is 30.9 Å². The van der Waals surface area contributed by atoms with Gasteiger partial charge in [0.25, 0.3) is 0 Å². The first kappa shape index (κ1) is 11.9. The van der Waals surface area contributed by atoms with Crippen LogP contribution in [-0.4, -0.2) is 13.1 Å². The van der Waals surface area contributed by atoms with Gasteiger partial charge in [0.05, 0.1) is 0 Å². The van der Waals surface area contributed by atoms with Gasteiger partial charge in [0.1, 0.15) is 0 Å². The van der Waals surface area contributed by atoms with Gasteiger partial charge >= 0.3 is 0 Å². The lowest BCUT2D eigenvalue weighted by atomic mass is 10.0. The van der Waals surface area contributed by atoms with Crippen molar-refractivity contribution in [3.63, 3.8) is 0 Å². The molecule has 2 aromatic rings. The van der Waals surface area contributed by atoms with E-state index in [0.717, 1.165) is 0 Å². The van der Waals surface area contributed by atoms with Crippen LogP contribution in [0.3, 0.4) is 0 Å². The number of rotatable bonds is 3. The molecule has 0 saturated carbocycles. The summed E-state index contributed by atoms with van der Waals surface area (Å²) in [7, 11) is 2.13. The molecule has 0 fully saturated rings. The van der Waals surface area contributed by atoms with Crippen molar-refractivity contribution >= 4 is 16.5 Å². The molecule has 0 heterocycles. The quantitative estimate of drug-likeness (QED) is 0.874. The predicted octanol–water partition coefficient (Wildman–Crippen LogP) is 3.14. The topological polar surface area (TPSA) is 29.3 Å². The first-order valence-corrected chi connectivity index (χ1v) is 6.08. The zero-order valence-electron chi connectivity index (χ0n) is 10.8. The Bertz CT molecular complexity index is 517. The average molecular weight is 228 g/mol. The van der Waals surface area contributed by atoms with Crippen molar-refractivity contribution in [3.05, 3.63) is 42.0 Å². The summed E-state index contributed by atoms with van der Waals surface area (Å²) in [4.78, 5) is 2.29. The van der Waals surface area contributed by atoms with Crippen LogP contribution in [0.4, 0.5) is 5.69 Å². The first-order chi connectivity index (χ1) is 8.15. The highest BCUT2D eigenvalue weighted by molar-refractivity contribution is 5.96. The highest BCUT2D eigenvalue weighted by Crippen LogP contribution is 2.29. The zero-order valence-corrected chi connectivity index (χ0v) is 10.8. The molecule has 2 nitrogen and oxygen atoms in total. The van der Waals surface area contributed by atoms with Crippen LogP contribution < -0.4 is 10.6 Å². The number of anilines is 1. The maximum atomic E-state index is 5.79. The third kappa shape index (κ3) is 2.13. The standard InChI is InChI=1S/C15H20N2/c1-11(2)17(3)15-9-8-12(10-16)13-6-4-5-7-14(13)15/h4-9,11H,10,16H2,1-3H3. The summed E-state index contributed by atoms with van der Waals surface area (Å²) >= 11 is 0. The molecular weight excluding hydrogens is 208 g/mol. The van der Waals surface area contributed by atoms with Crippen LogP contribution >= 0.6 is 0 Å². The van der Waals surface area contributed by atoms with Gasteiger partial charge in [-0.1, -0.05) is 30.3 Å². The smallest absolute Gasteiger partial charge is 0.0445 e. The molecule has 2 aromatic carbocycles. The third-order valence-corrected chi connectivity index (χ3v) is 3.37. The fraction of sp³-hybridized carbons (Fsp3) is 0.333. The largest absolute Gasteiger partial charge is 0.372 e. The second-order valence-electron chi connectivity index (χ2n) is 4.70. The van der Waals surface area contributed by atoms with E-state index < -0.39 is 0 Å². The molecule has 0 unspecified atom stereocenters. The summed E-state index contributed by atoms with van der Waals surface area (Å²) in [5, 5.41) is 2.55. The predicted molar refractivity (Wildman–Crippen MR) is 75.4 cm³/mol. The van der Waals surface area contributed by atoms with E-state index in [0.29, 0.717) is 12.6 Å². The average Bonchev–Trinajstić information content (AvgIpc) is 2.36. The number of nitrogens with zero attached hydrogens (tertiary/aromatic N) is 1. The van der Waals surface area contributed by atoms with Crippen LogP contribution in [-0.2, 0) is 6.54 Å². The van der Waals surface area contributed by atoms with E-state index in [1.165, 1.54) is 22.0 Å². The minimum atomic E-state index is 0.488. The fourth-order valence-corrected chi connectivity index (χ4v) is 2.11. The summed E-state index contributed by atoms with van der Waals surface area (Å²) in [6, 6.07) is 13.3. The van der Waals surface area contributed by atoms with E-state index in [9.17, 15) is 0 Å². The van der Waals surface area contributed by atoms with Crippen molar-refractivity contribution in [2.45, 2.75) is 26.4 Å². The molecule has 0 aromatic heterocycles. The van der Waals surface area contributed by atoms with Gasteiger partial charge in [-0.3, -0.25) is 0 Å². The van der Waals surface area contributed by atoms with Crippen molar-refractivity contribution in [2.75, 3.05) is 11.9 Å². The molecule has 0 radical (unpaired) electrons. The number of hydrogen-bond acceptors (Lipinski definition) is 2. The van der Waals surface area contributed by atoms with Gasteiger partial charge in [-0.15, -0.1) is 0 Å². The molecule has 0 saturated heterocycles. The zero-order chi connectivity index (χ0) is 12.4. The highest BCUT2D eigenvalue weighted by Gasteiger charge is 2.10. The summed E-state index contributed by atoms with van der Waals surface area (Å²) in [6.07, 6.45) is 0. The van der Waals surface area contributed by atoms with Crippen LogP contribution in [0.2, 0.25) is 0 Å². The lowest BCUT2D eigenvalue weighted by Gasteiger charge is -2.26. The first-order valence-electron chi connectivity index (χ1n) is 6.08. The lowest BCUT2D eigenvalue weighted by Crippen LogP contribution is -2.25. The van der Waals surface area contributed by atoms with Gasteiger partial charge < -0.3 is 10.6 Å². The van der Waals surface area contributed by atoms with E-state index in [1.807, 2.05) is 0 Å². The summed E-state index contributed by atoms with van der Waals surface area (Å²) in [5.74, 6) is 0. The molecule has 0 spiro atoms. The molecule has 0 bridgehead atoms. The van der Waals surface area contributed by atoms with Gasteiger partial charge in [0, 0.05) is 30.7 Å². The number of nitrogens with two attached hydrogens (primary N) is 1. The Hall–Kier alpha value is -1.54. The second-order valence-corrected chi connectivity index (χ2v) is 4.70. The normalized spacial score (nSPS) is 11.1. The van der Waals surface area contributed by atoms with Crippen molar-refractivity contribution in [2.24, 2.45) is 5.73 Å². The molecule has 17 heavy (non-hydrogen) atoms. The molecule has 2 N–H and O–H groups in total. The van der Waals surface area contributed by atoms with Gasteiger partial charge in [0.15, 0.2) is 0 Å². The molecule has 0 amide bonds. The lowest BCUT2D eigenvalue weighted by molar-refractivity contribution is 0.757. The minimum absolute atomic E-state index is 0.488. The summed E-state index contributed by atoms with van der Waals surface area (Å²) in [6.45, 7) is 4.99. The molecule has 0 aliphatic carbocycles. The minimum Gasteiger partial charge on any atom is -0.372 e. The van der Waals surface area contributed by atoms with Crippen LogP contribution in [0.25, 0.3) is 10.8 Å². The van der Waals surface area contributed by atoms with Gasteiger partial charge in [-0.2, -0.15) is 0 Å². The Morgan fingerprint density at radius 3 is 2.29 bits per heavy atom. The van der Waals surface area contributed by atoms with Gasteiger partial charge in [-0.25, -0.2) is 0 Å². The maximum Gasteiger partial charge on any atom is 0.0445 e. The number of fused-ring (bicyclic) bond motifs is 1. The third-order valence-electron chi connectivity index (χ3n) is 3.37. The van der Waals surface area contributed by atoms with E-state index >= 15 is 0 Å². The van der Waals surface area contributed by atoms with E-state index in [-0.39, 0.29) is 0 Å². The Kier molecular flexibility index (Phi) is 3.34. The molecule has 2 rings (SSSR count). The molecule has 0 aliphatic rings. The van der Waals surface area contributed by atoms with Crippen molar-refractivity contribution in [1.29, 1.82) is 0 Å². The molecule has 0 aliphatic heterocycles.